The van der Waals surface area contributed by atoms with Crippen LogP contribution in [0.1, 0.15) is 43.8 Å². The van der Waals surface area contributed by atoms with Crippen molar-refractivity contribution in [2.45, 2.75) is 38.3 Å². The van der Waals surface area contributed by atoms with E-state index >= 15 is 0 Å². The van der Waals surface area contributed by atoms with Gasteiger partial charge in [-0.05, 0) is 73.4 Å². The first-order valence-electron chi connectivity index (χ1n) is 9.48. The topological polar surface area (TPSA) is 36.1 Å². The Labute approximate surface area is 183 Å². The summed E-state index contributed by atoms with van der Waals surface area (Å²) in [6, 6.07) is 12.6. The van der Waals surface area contributed by atoms with Crippen molar-refractivity contribution in [1.82, 2.24) is 15.4 Å². The standard InChI is InChI=1S/C9H12N2S.C9H10S2.C4H11N/c1-2-10-9-7-5-3-4-6-8(7)12-11-9;1-7(2)11-8(3)9-5-4-6-10-9;1-3-4-5-2/h3-6,9-11H,2H2,1H3;4-6H,1,3H2,2H3;5H,3-4H2,1-2H3. The molecule has 1 atom stereocenters. The van der Waals surface area contributed by atoms with E-state index in [0.29, 0.717) is 6.17 Å². The Kier molecular flexibility index (Phi) is 13.3. The normalized spacial score (nSPS) is 14.2. The fraction of sp³-hybridized carbons (Fsp3) is 0.364. The number of rotatable bonds is 7. The highest BCUT2D eigenvalue weighted by molar-refractivity contribution is 8.11. The molecule has 1 aliphatic rings. The number of hydrogen-bond acceptors (Lipinski definition) is 6. The second-order valence-corrected chi connectivity index (χ2v) is 9.28. The SMILES string of the molecule is C=C(C)SC(=C)c1cccs1.CCCNC.CCNC1NSc2ccccc21. The van der Waals surface area contributed by atoms with E-state index in [0.717, 1.165) is 22.9 Å². The van der Waals surface area contributed by atoms with Crippen LogP contribution in [0.4, 0.5) is 0 Å². The predicted molar refractivity (Wildman–Crippen MR) is 132 cm³/mol. The van der Waals surface area contributed by atoms with Crippen LogP contribution in [0.25, 0.3) is 4.91 Å². The summed E-state index contributed by atoms with van der Waals surface area (Å²) >= 11 is 5.05. The zero-order chi connectivity index (χ0) is 20.8. The monoisotopic (exact) mass is 435 g/mol. The molecule has 28 heavy (non-hydrogen) atoms. The number of benzene rings is 1. The Morgan fingerprint density at radius 1 is 1.18 bits per heavy atom. The average Bonchev–Trinajstić information content (AvgIpc) is 3.34. The molecule has 0 amide bonds. The average molecular weight is 436 g/mol. The van der Waals surface area contributed by atoms with Gasteiger partial charge in [-0.1, -0.05) is 63.0 Å². The van der Waals surface area contributed by atoms with Crippen LogP contribution < -0.4 is 15.4 Å². The Hall–Kier alpha value is -1.02. The van der Waals surface area contributed by atoms with E-state index in [1.54, 1.807) is 35.0 Å². The van der Waals surface area contributed by atoms with Crippen molar-refractivity contribution in [3.05, 3.63) is 70.3 Å². The largest absolute Gasteiger partial charge is 0.320 e. The molecule has 1 aromatic carbocycles. The van der Waals surface area contributed by atoms with Gasteiger partial charge >= 0.3 is 0 Å². The van der Waals surface area contributed by atoms with E-state index < -0.39 is 0 Å². The molecule has 0 fully saturated rings. The van der Waals surface area contributed by atoms with Gasteiger partial charge in [-0.25, -0.2) is 4.72 Å². The third-order valence-corrected chi connectivity index (χ3v) is 6.34. The van der Waals surface area contributed by atoms with E-state index in [1.807, 2.05) is 20.0 Å². The molecule has 6 heteroatoms. The van der Waals surface area contributed by atoms with Crippen LogP contribution in [-0.4, -0.2) is 20.1 Å². The zero-order valence-corrected chi connectivity index (χ0v) is 19.8. The van der Waals surface area contributed by atoms with Crippen LogP contribution in [0.15, 0.2) is 64.7 Å². The van der Waals surface area contributed by atoms with Crippen molar-refractivity contribution in [2.75, 3.05) is 20.1 Å². The van der Waals surface area contributed by atoms with Gasteiger partial charge in [-0.15, -0.1) is 11.3 Å². The Morgan fingerprint density at radius 3 is 2.46 bits per heavy atom. The van der Waals surface area contributed by atoms with E-state index in [9.17, 15) is 0 Å². The molecule has 0 saturated heterocycles. The lowest BCUT2D eigenvalue weighted by Crippen LogP contribution is -2.26. The van der Waals surface area contributed by atoms with Crippen LogP contribution in [0.3, 0.4) is 0 Å². The van der Waals surface area contributed by atoms with Gasteiger partial charge in [0.2, 0.25) is 0 Å². The number of allylic oxidation sites excluding steroid dienone is 1. The maximum absolute atomic E-state index is 3.95. The van der Waals surface area contributed by atoms with Gasteiger partial charge in [-0.2, -0.15) is 0 Å². The number of thioether (sulfide) groups is 1. The van der Waals surface area contributed by atoms with Gasteiger partial charge in [-0.3, -0.25) is 5.32 Å². The minimum Gasteiger partial charge on any atom is -0.320 e. The number of fused-ring (bicyclic) bond motifs is 1. The van der Waals surface area contributed by atoms with Gasteiger partial charge in [0.1, 0.15) is 0 Å². The van der Waals surface area contributed by atoms with E-state index in [2.05, 4.69) is 78.1 Å². The van der Waals surface area contributed by atoms with Crippen LogP contribution in [0, 0.1) is 0 Å². The maximum atomic E-state index is 3.95. The number of nitrogens with one attached hydrogen (secondary N) is 3. The Bertz CT molecular complexity index is 695. The van der Waals surface area contributed by atoms with Gasteiger partial charge < -0.3 is 5.32 Å². The molecular weight excluding hydrogens is 402 g/mol. The van der Waals surface area contributed by atoms with Gasteiger partial charge in [0.15, 0.2) is 0 Å². The van der Waals surface area contributed by atoms with Crippen molar-refractivity contribution in [1.29, 1.82) is 0 Å². The highest BCUT2D eigenvalue weighted by Crippen LogP contribution is 2.33. The molecule has 3 rings (SSSR count). The summed E-state index contributed by atoms with van der Waals surface area (Å²) in [5.74, 6) is 0. The molecule has 0 radical (unpaired) electrons. The van der Waals surface area contributed by atoms with Crippen molar-refractivity contribution in [3.63, 3.8) is 0 Å². The van der Waals surface area contributed by atoms with Crippen molar-refractivity contribution in [2.24, 2.45) is 0 Å². The van der Waals surface area contributed by atoms with Gasteiger partial charge in [0.05, 0.1) is 6.17 Å². The van der Waals surface area contributed by atoms with Crippen molar-refractivity contribution in [3.8, 4) is 0 Å². The predicted octanol–water partition coefficient (Wildman–Crippen LogP) is 6.51. The summed E-state index contributed by atoms with van der Waals surface area (Å²) in [7, 11) is 1.96. The molecule has 1 aliphatic heterocycles. The summed E-state index contributed by atoms with van der Waals surface area (Å²) in [4.78, 5) is 4.75. The molecular formula is C22H33N3S3. The molecule has 2 aromatic rings. The molecule has 0 spiro atoms. The molecule has 2 heterocycles. The highest BCUT2D eigenvalue weighted by atomic mass is 32.2. The molecule has 1 unspecified atom stereocenters. The molecule has 154 valence electrons. The molecule has 0 aliphatic carbocycles. The Morgan fingerprint density at radius 2 is 1.93 bits per heavy atom. The van der Waals surface area contributed by atoms with Crippen LogP contribution >= 0.6 is 35.0 Å². The molecule has 3 nitrogen and oxygen atoms in total. The van der Waals surface area contributed by atoms with E-state index in [1.165, 1.54) is 21.8 Å². The Balaban J connectivity index is 0.000000229. The summed E-state index contributed by atoms with van der Waals surface area (Å²) in [5, 5.41) is 8.44. The minimum atomic E-state index is 0.330. The maximum Gasteiger partial charge on any atom is 0.0941 e. The summed E-state index contributed by atoms with van der Waals surface area (Å²) in [6.45, 7) is 16.2. The molecule has 3 N–H and O–H groups in total. The van der Waals surface area contributed by atoms with Crippen LogP contribution in [0.5, 0.6) is 0 Å². The fourth-order valence-corrected chi connectivity index (χ4v) is 4.66. The second-order valence-electron chi connectivity index (χ2n) is 6.06. The highest BCUT2D eigenvalue weighted by Gasteiger charge is 2.20. The zero-order valence-electron chi connectivity index (χ0n) is 17.4. The third kappa shape index (κ3) is 9.45. The van der Waals surface area contributed by atoms with Crippen molar-refractivity contribution < 1.29 is 0 Å². The molecule has 0 saturated carbocycles. The first-order chi connectivity index (χ1) is 13.5. The minimum absolute atomic E-state index is 0.330. The van der Waals surface area contributed by atoms with Crippen molar-refractivity contribution >= 4 is 40.0 Å². The summed E-state index contributed by atoms with van der Waals surface area (Å²) in [6.07, 6.45) is 1.56. The third-order valence-electron chi connectivity index (χ3n) is 3.52. The lowest BCUT2D eigenvalue weighted by molar-refractivity contribution is 0.546. The quantitative estimate of drug-likeness (QED) is 0.432. The number of thiophene rings is 1. The van der Waals surface area contributed by atoms with Gasteiger partial charge in [0, 0.05) is 14.7 Å². The van der Waals surface area contributed by atoms with E-state index in [-0.39, 0.29) is 0 Å². The lowest BCUT2D eigenvalue weighted by atomic mass is 10.2. The number of hydrogen-bond donors (Lipinski definition) is 3. The summed E-state index contributed by atoms with van der Waals surface area (Å²) in [5.41, 5.74) is 1.37. The summed E-state index contributed by atoms with van der Waals surface area (Å²) < 4.78 is 3.33. The lowest BCUT2D eigenvalue weighted by Gasteiger charge is -2.10. The van der Waals surface area contributed by atoms with Crippen LogP contribution in [0.2, 0.25) is 0 Å². The molecule has 1 aromatic heterocycles. The van der Waals surface area contributed by atoms with E-state index in [4.69, 9.17) is 0 Å². The first-order valence-corrected chi connectivity index (χ1v) is 12.0. The first kappa shape index (κ1) is 25.0. The van der Waals surface area contributed by atoms with Gasteiger partial charge in [0.25, 0.3) is 0 Å². The fourth-order valence-electron chi connectivity index (χ4n) is 2.30. The second kappa shape index (κ2) is 14.9. The molecule has 0 bridgehead atoms. The van der Waals surface area contributed by atoms with Crippen LogP contribution in [-0.2, 0) is 0 Å². The smallest absolute Gasteiger partial charge is 0.0941 e.